The lowest BCUT2D eigenvalue weighted by Crippen LogP contribution is -2.20. The summed E-state index contributed by atoms with van der Waals surface area (Å²) in [5.74, 6) is 1.96. The maximum Gasteiger partial charge on any atom is 0.151 e. The quantitative estimate of drug-likeness (QED) is 0.856. The SMILES string of the molecule is CON(C)Cc1nc2c(N)nc(C)c(C)c2n1CC(C)C. The van der Waals surface area contributed by atoms with Gasteiger partial charge in [0.25, 0.3) is 0 Å². The molecular weight excluding hydrogens is 266 g/mol. The van der Waals surface area contributed by atoms with Crippen LogP contribution in [-0.2, 0) is 17.9 Å². The van der Waals surface area contributed by atoms with Gasteiger partial charge in [-0.3, -0.25) is 0 Å². The second-order valence-electron chi connectivity index (χ2n) is 5.91. The van der Waals surface area contributed by atoms with Crippen LogP contribution in [-0.4, -0.2) is 33.8 Å². The Morgan fingerprint density at radius 1 is 1.29 bits per heavy atom. The Morgan fingerprint density at radius 3 is 2.52 bits per heavy atom. The summed E-state index contributed by atoms with van der Waals surface area (Å²) in [7, 11) is 3.54. The van der Waals surface area contributed by atoms with Crippen molar-refractivity contribution in [3.8, 4) is 0 Å². The molecule has 2 aromatic heterocycles. The van der Waals surface area contributed by atoms with E-state index in [1.165, 1.54) is 0 Å². The van der Waals surface area contributed by atoms with E-state index >= 15 is 0 Å². The zero-order chi connectivity index (χ0) is 15.7. The van der Waals surface area contributed by atoms with E-state index in [9.17, 15) is 0 Å². The lowest BCUT2D eigenvalue weighted by atomic mass is 10.1. The van der Waals surface area contributed by atoms with Crippen LogP contribution in [0.15, 0.2) is 0 Å². The first-order valence-corrected chi connectivity index (χ1v) is 7.22. The van der Waals surface area contributed by atoms with Gasteiger partial charge < -0.3 is 15.1 Å². The Hall–Kier alpha value is -1.66. The van der Waals surface area contributed by atoms with Gasteiger partial charge in [0.05, 0.1) is 19.2 Å². The predicted molar refractivity (Wildman–Crippen MR) is 84.7 cm³/mol. The van der Waals surface area contributed by atoms with Crippen molar-refractivity contribution >= 4 is 16.9 Å². The number of rotatable bonds is 5. The van der Waals surface area contributed by atoms with E-state index < -0.39 is 0 Å². The minimum absolute atomic E-state index is 0.497. The van der Waals surface area contributed by atoms with Crippen LogP contribution in [0, 0.1) is 19.8 Å². The highest BCUT2D eigenvalue weighted by molar-refractivity contribution is 5.88. The molecule has 0 radical (unpaired) electrons. The highest BCUT2D eigenvalue weighted by atomic mass is 16.7. The monoisotopic (exact) mass is 291 g/mol. The van der Waals surface area contributed by atoms with Crippen LogP contribution >= 0.6 is 0 Å². The number of anilines is 1. The molecule has 0 bridgehead atoms. The second kappa shape index (κ2) is 5.99. The number of fused-ring (bicyclic) bond motifs is 1. The molecule has 0 spiro atoms. The molecule has 0 aliphatic carbocycles. The number of pyridine rings is 1. The van der Waals surface area contributed by atoms with Crippen LogP contribution in [0.2, 0.25) is 0 Å². The summed E-state index contributed by atoms with van der Waals surface area (Å²) in [5.41, 5.74) is 10.0. The molecule has 0 unspecified atom stereocenters. The van der Waals surface area contributed by atoms with Crippen LogP contribution in [0.4, 0.5) is 5.82 Å². The normalized spacial score (nSPS) is 12.0. The topological polar surface area (TPSA) is 69.2 Å². The van der Waals surface area contributed by atoms with E-state index in [1.54, 1.807) is 12.2 Å². The molecule has 2 N–H and O–H groups in total. The Morgan fingerprint density at radius 2 is 1.95 bits per heavy atom. The third kappa shape index (κ3) is 3.01. The van der Waals surface area contributed by atoms with E-state index in [0.29, 0.717) is 18.3 Å². The zero-order valence-corrected chi connectivity index (χ0v) is 13.8. The summed E-state index contributed by atoms with van der Waals surface area (Å²) < 4.78 is 2.25. The summed E-state index contributed by atoms with van der Waals surface area (Å²) in [4.78, 5) is 14.3. The fraction of sp³-hybridized carbons (Fsp3) is 0.600. The maximum atomic E-state index is 6.07. The highest BCUT2D eigenvalue weighted by Crippen LogP contribution is 2.27. The van der Waals surface area contributed by atoms with Gasteiger partial charge in [0.2, 0.25) is 0 Å². The number of imidazole rings is 1. The Kier molecular flexibility index (Phi) is 4.49. The van der Waals surface area contributed by atoms with E-state index in [-0.39, 0.29) is 0 Å². The van der Waals surface area contributed by atoms with Gasteiger partial charge in [0.1, 0.15) is 11.3 Å². The van der Waals surface area contributed by atoms with Gasteiger partial charge in [0.15, 0.2) is 5.82 Å². The molecule has 2 heterocycles. The van der Waals surface area contributed by atoms with Gasteiger partial charge >= 0.3 is 0 Å². The molecule has 21 heavy (non-hydrogen) atoms. The molecule has 0 aliphatic rings. The Labute approximate surface area is 125 Å². The second-order valence-corrected chi connectivity index (χ2v) is 5.91. The van der Waals surface area contributed by atoms with Crippen molar-refractivity contribution in [1.82, 2.24) is 19.6 Å². The average molecular weight is 291 g/mol. The van der Waals surface area contributed by atoms with Crippen molar-refractivity contribution in [3.63, 3.8) is 0 Å². The van der Waals surface area contributed by atoms with Crippen molar-refractivity contribution in [1.29, 1.82) is 0 Å². The van der Waals surface area contributed by atoms with Crippen LogP contribution < -0.4 is 5.73 Å². The number of aromatic nitrogens is 3. The van der Waals surface area contributed by atoms with Crippen LogP contribution in [0.5, 0.6) is 0 Å². The summed E-state index contributed by atoms with van der Waals surface area (Å²) >= 11 is 0. The van der Waals surface area contributed by atoms with Crippen LogP contribution in [0.1, 0.15) is 30.9 Å². The molecule has 2 rings (SSSR count). The zero-order valence-electron chi connectivity index (χ0n) is 13.8. The number of nitrogens with zero attached hydrogens (tertiary/aromatic N) is 4. The number of nitrogen functional groups attached to an aromatic ring is 1. The number of hydroxylamine groups is 2. The molecule has 0 aliphatic heterocycles. The molecule has 0 aromatic carbocycles. The largest absolute Gasteiger partial charge is 0.382 e. The van der Waals surface area contributed by atoms with E-state index in [2.05, 4.69) is 30.3 Å². The first-order chi connectivity index (χ1) is 9.85. The van der Waals surface area contributed by atoms with Gasteiger partial charge in [-0.1, -0.05) is 13.8 Å². The molecule has 0 amide bonds. The van der Waals surface area contributed by atoms with Crippen LogP contribution in [0.3, 0.4) is 0 Å². The number of aryl methyl sites for hydroxylation is 2. The predicted octanol–water partition coefficient (Wildman–Crippen LogP) is 2.28. The Bertz CT molecular complexity index is 647. The molecule has 0 saturated carbocycles. The van der Waals surface area contributed by atoms with Crippen molar-refractivity contribution < 1.29 is 4.84 Å². The maximum absolute atomic E-state index is 6.07. The summed E-state index contributed by atoms with van der Waals surface area (Å²) in [6, 6.07) is 0. The van der Waals surface area contributed by atoms with Crippen molar-refractivity contribution in [2.45, 2.75) is 40.8 Å². The fourth-order valence-electron chi connectivity index (χ4n) is 2.49. The third-order valence-corrected chi connectivity index (χ3v) is 3.70. The highest BCUT2D eigenvalue weighted by Gasteiger charge is 2.19. The van der Waals surface area contributed by atoms with Gasteiger partial charge in [-0.25, -0.2) is 9.97 Å². The van der Waals surface area contributed by atoms with Gasteiger partial charge in [-0.15, -0.1) is 0 Å². The van der Waals surface area contributed by atoms with Gasteiger partial charge in [-0.2, -0.15) is 5.06 Å². The summed E-state index contributed by atoms with van der Waals surface area (Å²) in [6.07, 6.45) is 0. The molecule has 0 atom stereocenters. The molecule has 2 aromatic rings. The van der Waals surface area contributed by atoms with Crippen molar-refractivity contribution in [2.24, 2.45) is 5.92 Å². The first-order valence-electron chi connectivity index (χ1n) is 7.22. The molecular formula is C15H25N5O. The molecule has 0 saturated heterocycles. The number of nitrogens with two attached hydrogens (primary N) is 1. The molecule has 0 fully saturated rings. The third-order valence-electron chi connectivity index (χ3n) is 3.70. The van der Waals surface area contributed by atoms with Crippen molar-refractivity contribution in [3.05, 3.63) is 17.1 Å². The standard InChI is InChI=1S/C15H25N5O/c1-9(2)7-20-12(8-19(5)21-6)18-13-14(20)10(3)11(4)17-15(13)16/h9H,7-8H2,1-6H3,(H2,16,17). The summed E-state index contributed by atoms with van der Waals surface area (Å²) in [6.45, 7) is 9.96. The minimum Gasteiger partial charge on any atom is -0.382 e. The lowest BCUT2D eigenvalue weighted by molar-refractivity contribution is -0.118. The summed E-state index contributed by atoms with van der Waals surface area (Å²) in [5, 5.41) is 1.75. The van der Waals surface area contributed by atoms with E-state index in [1.807, 2.05) is 14.0 Å². The Balaban J connectivity index is 2.67. The molecule has 6 nitrogen and oxygen atoms in total. The average Bonchev–Trinajstić information content (AvgIpc) is 2.75. The van der Waals surface area contributed by atoms with Gasteiger partial charge in [-0.05, 0) is 25.3 Å². The molecule has 116 valence electrons. The molecule has 6 heteroatoms. The first kappa shape index (κ1) is 15.7. The lowest BCUT2D eigenvalue weighted by Gasteiger charge is -2.17. The fourth-order valence-corrected chi connectivity index (χ4v) is 2.49. The minimum atomic E-state index is 0.497. The van der Waals surface area contributed by atoms with Crippen LogP contribution in [0.25, 0.3) is 11.0 Å². The van der Waals surface area contributed by atoms with Gasteiger partial charge in [0, 0.05) is 19.3 Å². The van der Waals surface area contributed by atoms with E-state index in [0.717, 1.165) is 34.7 Å². The number of hydrogen-bond donors (Lipinski definition) is 1. The number of hydrogen-bond acceptors (Lipinski definition) is 5. The van der Waals surface area contributed by atoms with Crippen molar-refractivity contribution in [2.75, 3.05) is 19.9 Å². The smallest absolute Gasteiger partial charge is 0.151 e. The van der Waals surface area contributed by atoms with E-state index in [4.69, 9.17) is 15.6 Å².